The average molecular weight is 219 g/mol. The lowest BCUT2D eigenvalue weighted by atomic mass is 10.3. The molecule has 0 aliphatic carbocycles. The highest BCUT2D eigenvalue weighted by atomic mass is 35.5. The van der Waals surface area contributed by atoms with Gasteiger partial charge in [-0.05, 0) is 36.8 Å². The summed E-state index contributed by atoms with van der Waals surface area (Å²) in [6, 6.07) is 13.7. The molecule has 2 nitrogen and oxygen atoms in total. The smallest absolute Gasteiger partial charge is 0.132 e. The van der Waals surface area contributed by atoms with Crippen molar-refractivity contribution in [1.29, 1.82) is 0 Å². The number of anilines is 2. The lowest BCUT2D eigenvalue weighted by Gasteiger charge is -2.06. The summed E-state index contributed by atoms with van der Waals surface area (Å²) in [6.45, 7) is 1.99. The van der Waals surface area contributed by atoms with E-state index in [4.69, 9.17) is 11.6 Å². The Labute approximate surface area is 93.9 Å². The average Bonchev–Trinajstić information content (AvgIpc) is 2.17. The molecule has 2 rings (SSSR count). The zero-order chi connectivity index (χ0) is 10.7. The predicted molar refractivity (Wildman–Crippen MR) is 63.7 cm³/mol. The molecule has 0 unspecified atom stereocenters. The van der Waals surface area contributed by atoms with Gasteiger partial charge in [-0.3, -0.25) is 0 Å². The van der Waals surface area contributed by atoms with E-state index in [1.807, 2.05) is 49.4 Å². The van der Waals surface area contributed by atoms with Crippen LogP contribution in [0.5, 0.6) is 0 Å². The number of nitrogens with zero attached hydrogens (tertiary/aromatic N) is 1. The first-order chi connectivity index (χ1) is 7.24. The molecular formula is C12H11ClN2. The van der Waals surface area contributed by atoms with Crippen molar-refractivity contribution in [1.82, 2.24) is 4.98 Å². The monoisotopic (exact) mass is 218 g/mol. The van der Waals surface area contributed by atoms with E-state index in [2.05, 4.69) is 10.3 Å². The van der Waals surface area contributed by atoms with Crippen LogP contribution < -0.4 is 5.32 Å². The maximum atomic E-state index is 5.87. The van der Waals surface area contributed by atoms with Crippen molar-refractivity contribution in [3.8, 4) is 0 Å². The van der Waals surface area contributed by atoms with Gasteiger partial charge in [0.05, 0.1) is 0 Å². The fourth-order valence-corrected chi connectivity index (χ4v) is 1.62. The Hall–Kier alpha value is -1.54. The Bertz CT molecular complexity index is 434. The van der Waals surface area contributed by atoms with Crippen molar-refractivity contribution in [3.05, 3.63) is 53.2 Å². The number of nitrogens with one attached hydrogen (secondary N) is 1. The summed E-state index contributed by atoms with van der Waals surface area (Å²) in [7, 11) is 0. The van der Waals surface area contributed by atoms with Crippen molar-refractivity contribution in [3.63, 3.8) is 0 Å². The highest BCUT2D eigenvalue weighted by Gasteiger charge is 1.98. The van der Waals surface area contributed by atoms with Gasteiger partial charge in [0.1, 0.15) is 11.0 Å². The quantitative estimate of drug-likeness (QED) is 0.776. The minimum atomic E-state index is 0.508. The first kappa shape index (κ1) is 9.99. The first-order valence-electron chi connectivity index (χ1n) is 4.70. The second-order valence-electron chi connectivity index (χ2n) is 3.34. The van der Waals surface area contributed by atoms with Gasteiger partial charge in [-0.15, -0.1) is 0 Å². The Morgan fingerprint density at radius 1 is 1.13 bits per heavy atom. The van der Waals surface area contributed by atoms with Crippen LogP contribution in [-0.2, 0) is 0 Å². The van der Waals surface area contributed by atoms with Gasteiger partial charge in [-0.25, -0.2) is 4.98 Å². The summed E-state index contributed by atoms with van der Waals surface area (Å²) in [5.74, 6) is 0.770. The zero-order valence-corrected chi connectivity index (χ0v) is 9.12. The van der Waals surface area contributed by atoms with Gasteiger partial charge in [0.2, 0.25) is 0 Å². The van der Waals surface area contributed by atoms with Gasteiger partial charge in [0, 0.05) is 5.69 Å². The highest BCUT2D eigenvalue weighted by Crippen LogP contribution is 2.18. The van der Waals surface area contributed by atoms with Crippen molar-refractivity contribution >= 4 is 23.1 Å². The molecule has 76 valence electrons. The first-order valence-corrected chi connectivity index (χ1v) is 5.08. The molecule has 1 aromatic heterocycles. The standard InChI is InChI=1S/C12H11ClN2/c1-9-7-11(13)15-12(8-9)14-10-5-3-2-4-6-10/h2-8H,1H3,(H,14,15). The molecule has 0 fully saturated rings. The summed E-state index contributed by atoms with van der Waals surface area (Å²) in [5, 5.41) is 3.70. The van der Waals surface area contributed by atoms with E-state index in [0.717, 1.165) is 17.1 Å². The van der Waals surface area contributed by atoms with E-state index >= 15 is 0 Å². The van der Waals surface area contributed by atoms with Crippen LogP contribution in [0.25, 0.3) is 0 Å². The largest absolute Gasteiger partial charge is 0.340 e. The van der Waals surface area contributed by atoms with E-state index in [1.54, 1.807) is 0 Å². The molecule has 15 heavy (non-hydrogen) atoms. The number of halogens is 1. The summed E-state index contributed by atoms with van der Waals surface area (Å²) in [4.78, 5) is 4.18. The van der Waals surface area contributed by atoms with E-state index in [1.165, 1.54) is 0 Å². The van der Waals surface area contributed by atoms with Crippen molar-refractivity contribution < 1.29 is 0 Å². The number of hydrogen-bond acceptors (Lipinski definition) is 2. The summed E-state index contributed by atoms with van der Waals surface area (Å²) >= 11 is 5.87. The Kier molecular flexibility index (Phi) is 2.88. The zero-order valence-electron chi connectivity index (χ0n) is 8.37. The van der Waals surface area contributed by atoms with Gasteiger partial charge >= 0.3 is 0 Å². The van der Waals surface area contributed by atoms with Crippen molar-refractivity contribution in [2.45, 2.75) is 6.92 Å². The molecule has 0 amide bonds. The Balaban J connectivity index is 2.25. The van der Waals surface area contributed by atoms with Crippen LogP contribution in [0.15, 0.2) is 42.5 Å². The summed E-state index contributed by atoms with van der Waals surface area (Å²) < 4.78 is 0. The molecule has 0 bridgehead atoms. The number of para-hydroxylation sites is 1. The molecule has 0 saturated heterocycles. The van der Waals surface area contributed by atoms with Gasteiger partial charge in [0.15, 0.2) is 0 Å². The van der Waals surface area contributed by atoms with Gasteiger partial charge in [-0.2, -0.15) is 0 Å². The van der Waals surface area contributed by atoms with Crippen LogP contribution in [-0.4, -0.2) is 4.98 Å². The number of aryl methyl sites for hydroxylation is 1. The maximum Gasteiger partial charge on any atom is 0.132 e. The minimum absolute atomic E-state index is 0.508. The second kappa shape index (κ2) is 4.32. The van der Waals surface area contributed by atoms with Gasteiger partial charge in [0.25, 0.3) is 0 Å². The maximum absolute atomic E-state index is 5.87. The third-order valence-electron chi connectivity index (χ3n) is 1.98. The molecule has 1 N–H and O–H groups in total. The second-order valence-corrected chi connectivity index (χ2v) is 3.73. The molecule has 0 aliphatic rings. The molecule has 1 heterocycles. The molecular weight excluding hydrogens is 208 g/mol. The third-order valence-corrected chi connectivity index (χ3v) is 2.18. The molecule has 3 heteroatoms. The summed E-state index contributed by atoms with van der Waals surface area (Å²) in [5.41, 5.74) is 2.10. The molecule has 0 spiro atoms. The van der Waals surface area contributed by atoms with Crippen molar-refractivity contribution in [2.24, 2.45) is 0 Å². The van der Waals surface area contributed by atoms with Crippen LogP contribution in [0.1, 0.15) is 5.56 Å². The van der Waals surface area contributed by atoms with E-state index < -0.39 is 0 Å². The normalized spacial score (nSPS) is 10.0. The predicted octanol–water partition coefficient (Wildman–Crippen LogP) is 3.79. The third kappa shape index (κ3) is 2.70. The van der Waals surface area contributed by atoms with Gasteiger partial charge < -0.3 is 5.32 Å². The van der Waals surface area contributed by atoms with Crippen LogP contribution in [0.3, 0.4) is 0 Å². The van der Waals surface area contributed by atoms with E-state index in [-0.39, 0.29) is 0 Å². The Morgan fingerprint density at radius 3 is 2.53 bits per heavy atom. The van der Waals surface area contributed by atoms with E-state index in [0.29, 0.717) is 5.15 Å². The number of aromatic nitrogens is 1. The fraction of sp³-hybridized carbons (Fsp3) is 0.0833. The molecule has 1 aromatic carbocycles. The number of rotatable bonds is 2. The lowest BCUT2D eigenvalue weighted by molar-refractivity contribution is 1.27. The Morgan fingerprint density at radius 2 is 1.87 bits per heavy atom. The van der Waals surface area contributed by atoms with Gasteiger partial charge in [-0.1, -0.05) is 29.8 Å². The van der Waals surface area contributed by atoms with E-state index in [9.17, 15) is 0 Å². The number of benzene rings is 1. The minimum Gasteiger partial charge on any atom is -0.340 e. The molecule has 2 aromatic rings. The topological polar surface area (TPSA) is 24.9 Å². The lowest BCUT2D eigenvalue weighted by Crippen LogP contribution is -1.93. The highest BCUT2D eigenvalue weighted by molar-refractivity contribution is 6.29. The molecule has 0 radical (unpaired) electrons. The van der Waals surface area contributed by atoms with Crippen LogP contribution in [0.4, 0.5) is 11.5 Å². The van der Waals surface area contributed by atoms with Crippen LogP contribution in [0, 0.1) is 6.92 Å². The van der Waals surface area contributed by atoms with Crippen LogP contribution in [0.2, 0.25) is 5.15 Å². The fourth-order valence-electron chi connectivity index (χ4n) is 1.36. The van der Waals surface area contributed by atoms with Crippen molar-refractivity contribution in [2.75, 3.05) is 5.32 Å². The molecule has 0 saturated carbocycles. The number of pyridine rings is 1. The van der Waals surface area contributed by atoms with Crippen LogP contribution >= 0.6 is 11.6 Å². The number of hydrogen-bond donors (Lipinski definition) is 1. The molecule has 0 aliphatic heterocycles. The molecule has 0 atom stereocenters. The SMILES string of the molecule is Cc1cc(Cl)nc(Nc2ccccc2)c1. The summed E-state index contributed by atoms with van der Waals surface area (Å²) in [6.07, 6.45) is 0.